The Bertz CT molecular complexity index is 452. The van der Waals surface area contributed by atoms with E-state index in [2.05, 4.69) is 49.2 Å². The van der Waals surface area contributed by atoms with Gasteiger partial charge in [-0.3, -0.25) is 0 Å². The van der Waals surface area contributed by atoms with Gasteiger partial charge in [-0.15, -0.1) is 0 Å². The molecule has 0 fully saturated rings. The molecule has 1 heteroatoms. The van der Waals surface area contributed by atoms with Crippen molar-refractivity contribution in [1.29, 1.82) is 0 Å². The van der Waals surface area contributed by atoms with Crippen molar-refractivity contribution in [2.45, 2.75) is 13.3 Å². The van der Waals surface area contributed by atoms with Gasteiger partial charge in [0.05, 0.1) is 0 Å². The van der Waals surface area contributed by atoms with E-state index in [0.717, 1.165) is 19.5 Å². The minimum atomic E-state index is 0.968. The van der Waals surface area contributed by atoms with Gasteiger partial charge in [0, 0.05) is 6.54 Å². The third kappa shape index (κ3) is 2.95. The fourth-order valence-electron chi connectivity index (χ4n) is 2.06. The number of hydrogen-bond acceptors (Lipinski definition) is 1. The zero-order valence-electron chi connectivity index (χ0n) is 10.4. The van der Waals surface area contributed by atoms with E-state index in [1.807, 2.05) is 12.1 Å². The summed E-state index contributed by atoms with van der Waals surface area (Å²) >= 11 is 0. The highest BCUT2D eigenvalue weighted by Crippen LogP contribution is 2.21. The molecule has 1 N–H and O–H groups in total. The molecule has 0 radical (unpaired) electrons. The van der Waals surface area contributed by atoms with Crippen LogP contribution in [0, 0.1) is 0 Å². The summed E-state index contributed by atoms with van der Waals surface area (Å²) in [6.45, 7) is 8.20. The Kier molecular flexibility index (Phi) is 3.94. The zero-order chi connectivity index (χ0) is 12.1. The molecule has 0 saturated heterocycles. The highest BCUT2D eigenvalue weighted by Gasteiger charge is 2.07. The van der Waals surface area contributed by atoms with E-state index in [1.54, 1.807) is 0 Å². The molecule has 17 heavy (non-hydrogen) atoms. The average molecular weight is 225 g/mol. The standard InChI is InChI=1S/C16H19N/c1-3-14(15-7-5-4-6-8-15)11-16-12-17-10-9-13(16)2/h3-8,11,17H,1,9-10,12H2,2H3/b14-11+. The molecule has 1 nitrogen and oxygen atoms in total. The molecule has 1 heterocycles. The lowest BCUT2D eigenvalue weighted by molar-refractivity contribution is 0.686. The maximum absolute atomic E-state index is 3.92. The lowest BCUT2D eigenvalue weighted by atomic mass is 9.97. The van der Waals surface area contributed by atoms with Crippen LogP contribution in [-0.4, -0.2) is 13.1 Å². The minimum absolute atomic E-state index is 0.968. The summed E-state index contributed by atoms with van der Waals surface area (Å²) in [5.41, 5.74) is 5.31. The molecule has 88 valence electrons. The predicted octanol–water partition coefficient (Wildman–Crippen LogP) is 3.57. The molecule has 0 bridgehead atoms. The molecule has 0 atom stereocenters. The third-order valence-corrected chi connectivity index (χ3v) is 3.20. The van der Waals surface area contributed by atoms with Crippen LogP contribution in [0.4, 0.5) is 0 Å². The van der Waals surface area contributed by atoms with E-state index in [1.165, 1.54) is 22.3 Å². The van der Waals surface area contributed by atoms with Crippen molar-refractivity contribution in [3.63, 3.8) is 0 Å². The largest absolute Gasteiger partial charge is 0.312 e. The summed E-state index contributed by atoms with van der Waals surface area (Å²) in [6.07, 6.45) is 5.33. The van der Waals surface area contributed by atoms with Crippen LogP contribution in [0.3, 0.4) is 0 Å². The summed E-state index contributed by atoms with van der Waals surface area (Å²) in [4.78, 5) is 0. The highest BCUT2D eigenvalue weighted by atomic mass is 14.9. The van der Waals surface area contributed by atoms with E-state index in [4.69, 9.17) is 0 Å². The Morgan fingerprint density at radius 1 is 1.29 bits per heavy atom. The molecule has 1 aromatic carbocycles. The summed E-state index contributed by atoms with van der Waals surface area (Å²) in [7, 11) is 0. The second kappa shape index (κ2) is 5.65. The smallest absolute Gasteiger partial charge is 0.0205 e. The van der Waals surface area contributed by atoms with Gasteiger partial charge in [0.15, 0.2) is 0 Å². The van der Waals surface area contributed by atoms with Crippen LogP contribution in [0.2, 0.25) is 0 Å². The SMILES string of the molecule is C=C/C(=C\C1=C(C)CCNC1)c1ccccc1. The van der Waals surface area contributed by atoms with Gasteiger partial charge < -0.3 is 5.32 Å². The van der Waals surface area contributed by atoms with Gasteiger partial charge in [0.2, 0.25) is 0 Å². The maximum atomic E-state index is 3.92. The van der Waals surface area contributed by atoms with Crippen LogP contribution in [-0.2, 0) is 0 Å². The van der Waals surface area contributed by atoms with Gasteiger partial charge in [-0.1, -0.05) is 48.6 Å². The van der Waals surface area contributed by atoms with Crippen LogP contribution >= 0.6 is 0 Å². The van der Waals surface area contributed by atoms with Gasteiger partial charge in [0.25, 0.3) is 0 Å². The van der Waals surface area contributed by atoms with Crippen LogP contribution in [0.15, 0.2) is 60.2 Å². The van der Waals surface area contributed by atoms with Gasteiger partial charge in [-0.2, -0.15) is 0 Å². The van der Waals surface area contributed by atoms with Crippen molar-refractivity contribution in [2.24, 2.45) is 0 Å². The lowest BCUT2D eigenvalue weighted by Gasteiger charge is -2.17. The fourth-order valence-corrected chi connectivity index (χ4v) is 2.06. The molecule has 0 amide bonds. The summed E-state index contributed by atoms with van der Waals surface area (Å²) in [6, 6.07) is 10.4. The second-order valence-corrected chi connectivity index (χ2v) is 4.40. The Balaban J connectivity index is 2.33. The molecular formula is C16H19N. The molecule has 0 unspecified atom stereocenters. The summed E-state index contributed by atoms with van der Waals surface area (Å²) < 4.78 is 0. The van der Waals surface area contributed by atoms with Crippen LogP contribution in [0.25, 0.3) is 5.57 Å². The second-order valence-electron chi connectivity index (χ2n) is 4.40. The first-order valence-corrected chi connectivity index (χ1v) is 6.10. The quantitative estimate of drug-likeness (QED) is 0.775. The third-order valence-electron chi connectivity index (χ3n) is 3.20. The van der Waals surface area contributed by atoms with Gasteiger partial charge in [-0.25, -0.2) is 0 Å². The Labute approximate surface area is 104 Å². The van der Waals surface area contributed by atoms with Gasteiger partial charge in [-0.05, 0) is 42.7 Å². The molecular weight excluding hydrogens is 206 g/mol. The number of hydrogen-bond donors (Lipinski definition) is 1. The average Bonchev–Trinajstić information content (AvgIpc) is 2.39. The number of nitrogens with one attached hydrogen (secondary N) is 1. The normalized spacial score (nSPS) is 17.1. The number of rotatable bonds is 3. The zero-order valence-corrected chi connectivity index (χ0v) is 10.4. The van der Waals surface area contributed by atoms with Crippen LogP contribution in [0.5, 0.6) is 0 Å². The van der Waals surface area contributed by atoms with Crippen molar-refractivity contribution in [1.82, 2.24) is 5.32 Å². The predicted molar refractivity (Wildman–Crippen MR) is 74.8 cm³/mol. The van der Waals surface area contributed by atoms with Crippen LogP contribution in [0.1, 0.15) is 18.9 Å². The molecule has 0 aliphatic carbocycles. The van der Waals surface area contributed by atoms with Gasteiger partial charge >= 0.3 is 0 Å². The fraction of sp³-hybridized carbons (Fsp3) is 0.250. The van der Waals surface area contributed by atoms with E-state index < -0.39 is 0 Å². The van der Waals surface area contributed by atoms with E-state index in [0.29, 0.717) is 0 Å². The summed E-state index contributed by atoms with van der Waals surface area (Å²) in [5.74, 6) is 0. The molecule has 0 spiro atoms. The first kappa shape index (κ1) is 11.9. The lowest BCUT2D eigenvalue weighted by Crippen LogP contribution is -2.23. The Hall–Kier alpha value is -1.60. The number of allylic oxidation sites excluding steroid dienone is 2. The van der Waals surface area contributed by atoms with Crippen molar-refractivity contribution in [3.8, 4) is 0 Å². The topological polar surface area (TPSA) is 12.0 Å². The summed E-state index contributed by atoms with van der Waals surface area (Å²) in [5, 5.41) is 3.41. The maximum Gasteiger partial charge on any atom is 0.0205 e. The van der Waals surface area contributed by atoms with E-state index >= 15 is 0 Å². The molecule has 2 rings (SSSR count). The van der Waals surface area contributed by atoms with E-state index in [9.17, 15) is 0 Å². The van der Waals surface area contributed by atoms with Crippen molar-refractivity contribution < 1.29 is 0 Å². The molecule has 1 aromatic rings. The monoisotopic (exact) mass is 225 g/mol. The van der Waals surface area contributed by atoms with E-state index in [-0.39, 0.29) is 0 Å². The Morgan fingerprint density at radius 2 is 2.06 bits per heavy atom. The number of benzene rings is 1. The molecule has 1 aliphatic heterocycles. The molecule has 1 aliphatic rings. The molecule has 0 saturated carbocycles. The van der Waals surface area contributed by atoms with Crippen molar-refractivity contribution in [2.75, 3.05) is 13.1 Å². The van der Waals surface area contributed by atoms with Crippen LogP contribution < -0.4 is 5.32 Å². The highest BCUT2D eigenvalue weighted by molar-refractivity contribution is 5.75. The molecule has 0 aromatic heterocycles. The van der Waals surface area contributed by atoms with Crippen molar-refractivity contribution >= 4 is 5.57 Å². The Morgan fingerprint density at radius 3 is 2.71 bits per heavy atom. The van der Waals surface area contributed by atoms with Crippen molar-refractivity contribution in [3.05, 3.63) is 65.8 Å². The first-order chi connectivity index (χ1) is 8.31. The minimum Gasteiger partial charge on any atom is -0.312 e. The van der Waals surface area contributed by atoms with Gasteiger partial charge in [0.1, 0.15) is 0 Å². The first-order valence-electron chi connectivity index (χ1n) is 6.10.